The molecule has 2 aliphatic heterocycles. The van der Waals surface area contributed by atoms with Gasteiger partial charge >= 0.3 is 0 Å². The van der Waals surface area contributed by atoms with Gasteiger partial charge in [0.25, 0.3) is 0 Å². The van der Waals surface area contributed by atoms with Crippen LogP contribution in [0.25, 0.3) is 0 Å². The zero-order valence-corrected chi connectivity index (χ0v) is 17.4. The van der Waals surface area contributed by atoms with Gasteiger partial charge in [0.05, 0.1) is 10.7 Å². The third kappa shape index (κ3) is 6.36. The minimum Gasteiger partial charge on any atom is -0.356 e. The smallest absolute Gasteiger partial charge is 0.223 e. The van der Waals surface area contributed by atoms with E-state index in [1.54, 1.807) is 11.3 Å². The molecule has 2 fully saturated rings. The summed E-state index contributed by atoms with van der Waals surface area (Å²) in [6.45, 7) is 10.1. The van der Waals surface area contributed by atoms with Crippen LogP contribution in [-0.2, 0) is 11.3 Å². The molecule has 1 unspecified atom stereocenters. The second-order valence-electron chi connectivity index (χ2n) is 7.03. The average molecular weight is 409 g/mol. The van der Waals surface area contributed by atoms with Crippen molar-refractivity contribution < 1.29 is 4.79 Å². The molecule has 2 N–H and O–H groups in total. The average Bonchev–Trinajstić information content (AvgIpc) is 2.89. The monoisotopic (exact) mass is 408 g/mol. The molecule has 2 aliphatic rings. The number of aryl methyl sites for hydroxylation is 1. The number of carbonyl (C=O) groups is 1. The molecule has 5 nitrogen and oxygen atoms in total. The van der Waals surface area contributed by atoms with Crippen LogP contribution in [0.4, 0.5) is 0 Å². The fraction of sp³-hybridized carbons (Fsp3) is 0.765. The number of nitrogens with zero attached hydrogens (tertiary/aromatic N) is 2. The van der Waals surface area contributed by atoms with E-state index in [2.05, 4.69) is 39.7 Å². The quantitative estimate of drug-likeness (QED) is 0.758. The van der Waals surface area contributed by atoms with E-state index < -0.39 is 0 Å². The topological polar surface area (TPSA) is 57.3 Å². The van der Waals surface area contributed by atoms with Crippen molar-refractivity contribution >= 4 is 42.1 Å². The maximum Gasteiger partial charge on any atom is 0.223 e. The molecule has 1 aromatic rings. The van der Waals surface area contributed by atoms with Crippen LogP contribution >= 0.6 is 36.2 Å². The fourth-order valence-electron chi connectivity index (χ4n) is 3.34. The molecule has 0 aromatic carbocycles. The molecule has 1 atom stereocenters. The number of aromatic nitrogens is 1. The number of amides is 1. The minimum absolute atomic E-state index is 0. The van der Waals surface area contributed by atoms with Gasteiger partial charge in [-0.05, 0) is 57.8 Å². The van der Waals surface area contributed by atoms with Crippen LogP contribution in [0.15, 0.2) is 5.38 Å². The largest absolute Gasteiger partial charge is 0.356 e. The molecule has 0 aliphatic carbocycles. The minimum atomic E-state index is 0. The van der Waals surface area contributed by atoms with Crippen molar-refractivity contribution in [1.82, 2.24) is 20.5 Å². The highest BCUT2D eigenvalue weighted by Gasteiger charge is 2.29. The predicted octanol–water partition coefficient (Wildman–Crippen LogP) is 2.48. The number of nitrogens with one attached hydrogen (secondary N) is 2. The Morgan fingerprint density at radius 1 is 1.40 bits per heavy atom. The van der Waals surface area contributed by atoms with Crippen LogP contribution in [0.1, 0.15) is 30.5 Å². The first-order valence-electron chi connectivity index (χ1n) is 8.73. The van der Waals surface area contributed by atoms with Crippen molar-refractivity contribution in [2.45, 2.75) is 33.2 Å². The SMILES string of the molecule is Cc1nc(CN2CCC(CNC(=O)C(C)C3CNC3)CC2)cs1.Cl.Cl. The lowest BCUT2D eigenvalue weighted by Gasteiger charge is -2.33. The number of hydrogen-bond donors (Lipinski definition) is 2. The fourth-order valence-corrected chi connectivity index (χ4v) is 3.95. The van der Waals surface area contributed by atoms with Crippen molar-refractivity contribution in [3.63, 3.8) is 0 Å². The molecular weight excluding hydrogens is 379 g/mol. The number of halogens is 2. The number of carbonyl (C=O) groups excluding carboxylic acids is 1. The molecule has 25 heavy (non-hydrogen) atoms. The Labute approximate surface area is 167 Å². The second kappa shape index (κ2) is 10.7. The summed E-state index contributed by atoms with van der Waals surface area (Å²) in [6, 6.07) is 0. The third-order valence-electron chi connectivity index (χ3n) is 5.26. The molecule has 8 heteroatoms. The summed E-state index contributed by atoms with van der Waals surface area (Å²) in [6.07, 6.45) is 2.34. The lowest BCUT2D eigenvalue weighted by atomic mass is 9.88. The standard InChI is InChI=1S/C17H28N4OS.2ClH/c1-12(15-8-18-9-15)17(22)19-7-14-3-5-21(6-4-14)10-16-11-23-13(2)20-16;;/h11-12,14-15,18H,3-10H2,1-2H3,(H,19,22);2*1H. The predicted molar refractivity (Wildman–Crippen MR) is 108 cm³/mol. The first-order chi connectivity index (χ1) is 11.1. The van der Waals surface area contributed by atoms with E-state index in [4.69, 9.17) is 0 Å². The van der Waals surface area contributed by atoms with E-state index in [0.717, 1.165) is 44.3 Å². The maximum absolute atomic E-state index is 12.2. The van der Waals surface area contributed by atoms with Crippen LogP contribution in [0.3, 0.4) is 0 Å². The highest BCUT2D eigenvalue weighted by atomic mass is 35.5. The van der Waals surface area contributed by atoms with Gasteiger partial charge in [-0.15, -0.1) is 36.2 Å². The van der Waals surface area contributed by atoms with E-state index in [1.165, 1.54) is 18.5 Å². The molecule has 3 rings (SSSR count). The molecule has 1 amide bonds. The molecular formula is C17H30Cl2N4OS. The lowest BCUT2D eigenvalue weighted by molar-refractivity contribution is -0.126. The summed E-state index contributed by atoms with van der Waals surface area (Å²) in [5, 5.41) is 9.72. The Bertz CT molecular complexity index is 530. The zero-order valence-electron chi connectivity index (χ0n) is 15.0. The van der Waals surface area contributed by atoms with Gasteiger partial charge < -0.3 is 10.6 Å². The van der Waals surface area contributed by atoms with Gasteiger partial charge in [0, 0.05) is 24.4 Å². The number of rotatable bonds is 6. The van der Waals surface area contributed by atoms with Crippen molar-refractivity contribution in [1.29, 1.82) is 0 Å². The lowest BCUT2D eigenvalue weighted by Crippen LogP contribution is -2.50. The van der Waals surface area contributed by atoms with E-state index in [-0.39, 0.29) is 36.6 Å². The first-order valence-corrected chi connectivity index (χ1v) is 9.61. The molecule has 0 radical (unpaired) electrons. The Morgan fingerprint density at radius 2 is 2.08 bits per heavy atom. The van der Waals surface area contributed by atoms with Gasteiger partial charge in [0.2, 0.25) is 5.91 Å². The van der Waals surface area contributed by atoms with Gasteiger partial charge in [0.15, 0.2) is 0 Å². The Balaban J connectivity index is 0.00000156. The summed E-state index contributed by atoms with van der Waals surface area (Å²) in [4.78, 5) is 19.2. The van der Waals surface area contributed by atoms with E-state index in [9.17, 15) is 4.79 Å². The normalized spacial score (nSPS) is 20.1. The van der Waals surface area contributed by atoms with Crippen LogP contribution in [-0.4, -0.2) is 48.5 Å². The second-order valence-corrected chi connectivity index (χ2v) is 8.09. The van der Waals surface area contributed by atoms with Gasteiger partial charge in [0.1, 0.15) is 0 Å². The van der Waals surface area contributed by atoms with E-state index in [0.29, 0.717) is 11.8 Å². The van der Waals surface area contributed by atoms with Crippen molar-refractivity contribution in [3.05, 3.63) is 16.1 Å². The molecule has 144 valence electrons. The Morgan fingerprint density at radius 3 is 2.60 bits per heavy atom. The van der Waals surface area contributed by atoms with Gasteiger partial charge in [-0.3, -0.25) is 9.69 Å². The van der Waals surface area contributed by atoms with E-state index in [1.807, 2.05) is 0 Å². The third-order valence-corrected chi connectivity index (χ3v) is 6.08. The van der Waals surface area contributed by atoms with Crippen molar-refractivity contribution in [2.75, 3.05) is 32.7 Å². The summed E-state index contributed by atoms with van der Waals surface area (Å²) in [7, 11) is 0. The number of likely N-dealkylation sites (tertiary alicyclic amines) is 1. The van der Waals surface area contributed by atoms with Gasteiger partial charge in [-0.25, -0.2) is 4.98 Å². The zero-order chi connectivity index (χ0) is 16.2. The van der Waals surface area contributed by atoms with Crippen LogP contribution < -0.4 is 10.6 Å². The molecule has 0 spiro atoms. The summed E-state index contributed by atoms with van der Waals surface area (Å²) < 4.78 is 0. The molecule has 0 bridgehead atoms. The first kappa shape index (κ1) is 22.6. The van der Waals surface area contributed by atoms with Crippen LogP contribution in [0.5, 0.6) is 0 Å². The summed E-state index contributed by atoms with van der Waals surface area (Å²) in [5.74, 6) is 1.53. The van der Waals surface area contributed by atoms with Crippen LogP contribution in [0, 0.1) is 24.7 Å². The summed E-state index contributed by atoms with van der Waals surface area (Å²) in [5.41, 5.74) is 1.20. The number of piperidine rings is 1. The Kier molecular flexibility index (Phi) is 9.67. The highest BCUT2D eigenvalue weighted by Crippen LogP contribution is 2.20. The maximum atomic E-state index is 12.2. The Hall–Kier alpha value is -0.400. The van der Waals surface area contributed by atoms with Crippen molar-refractivity contribution in [3.8, 4) is 0 Å². The molecule has 3 heterocycles. The van der Waals surface area contributed by atoms with Crippen LogP contribution in [0.2, 0.25) is 0 Å². The van der Waals surface area contributed by atoms with Gasteiger partial charge in [-0.2, -0.15) is 0 Å². The van der Waals surface area contributed by atoms with E-state index >= 15 is 0 Å². The summed E-state index contributed by atoms with van der Waals surface area (Å²) >= 11 is 1.73. The molecule has 0 saturated carbocycles. The molecule has 1 aromatic heterocycles. The van der Waals surface area contributed by atoms with Gasteiger partial charge in [-0.1, -0.05) is 6.92 Å². The molecule has 2 saturated heterocycles. The highest BCUT2D eigenvalue weighted by molar-refractivity contribution is 7.09. The number of thiazole rings is 1. The van der Waals surface area contributed by atoms with Crippen molar-refractivity contribution in [2.24, 2.45) is 17.8 Å². The number of hydrogen-bond acceptors (Lipinski definition) is 5.